The van der Waals surface area contributed by atoms with E-state index in [9.17, 15) is 14.9 Å². The smallest absolute Gasteiger partial charge is 0.415 e. The van der Waals surface area contributed by atoms with Gasteiger partial charge in [-0.2, -0.15) is 5.26 Å². The lowest BCUT2D eigenvalue weighted by molar-refractivity contribution is -0.0989. The van der Waals surface area contributed by atoms with Gasteiger partial charge in [0.1, 0.15) is 17.8 Å². The average Bonchev–Trinajstić information content (AvgIpc) is 3.51. The molecule has 0 spiro atoms. The van der Waals surface area contributed by atoms with Gasteiger partial charge < -0.3 is 14.6 Å². The molecular formula is C37H38Cl2N8O3. The van der Waals surface area contributed by atoms with Crippen molar-refractivity contribution in [1.82, 2.24) is 24.5 Å². The number of aromatic nitrogens is 5. The summed E-state index contributed by atoms with van der Waals surface area (Å²) in [5.74, 6) is 1.03. The summed E-state index contributed by atoms with van der Waals surface area (Å²) in [5, 5.41) is 24.8. The summed E-state index contributed by atoms with van der Waals surface area (Å²) in [6.07, 6.45) is 8.06. The highest BCUT2D eigenvalue weighted by molar-refractivity contribution is 6.36. The van der Waals surface area contributed by atoms with Gasteiger partial charge in [0.25, 0.3) is 5.56 Å². The minimum absolute atomic E-state index is 0.0555. The lowest BCUT2D eigenvalue weighted by Crippen LogP contribution is -2.59. The lowest BCUT2D eigenvalue weighted by atomic mass is 9.50. The van der Waals surface area contributed by atoms with Gasteiger partial charge in [0, 0.05) is 42.6 Å². The van der Waals surface area contributed by atoms with Crippen LogP contribution in [0.3, 0.4) is 0 Å². The molecule has 3 heterocycles. The Hall–Kier alpha value is -4.66. The number of nitrogens with one attached hydrogen (secondary N) is 1. The fourth-order valence-corrected chi connectivity index (χ4v) is 7.44. The standard InChI is InChI=1S/C37H38Cl2N8O3/c1-36(2,3)21-42-31-23(18-40)19-41-32-28(31)13-24(14-29(32)39)47(35(49)50-12-6-10-38)33(30-20-46(44-43-30)37-15-22(16-37)17-37)26-7-5-8-27-25(26)9-11-45(4)34(27)48/h5,7-9,11,13-14,19-20,22,33H,6,10,12,15-17,21H2,1-4H3,(H,41,42). The molecule has 3 aromatic heterocycles. The Bertz CT molecular complexity index is 2220. The van der Waals surface area contributed by atoms with Crippen LogP contribution in [0.25, 0.3) is 21.7 Å². The van der Waals surface area contributed by atoms with E-state index in [1.165, 1.54) is 15.7 Å². The van der Waals surface area contributed by atoms with E-state index in [4.69, 9.17) is 27.9 Å². The topological polar surface area (TPSA) is 131 Å². The minimum atomic E-state index is -0.887. The maximum absolute atomic E-state index is 14.5. The van der Waals surface area contributed by atoms with Crippen LogP contribution in [0.2, 0.25) is 5.02 Å². The van der Waals surface area contributed by atoms with E-state index >= 15 is 0 Å². The summed E-state index contributed by atoms with van der Waals surface area (Å²) in [7, 11) is 1.70. The van der Waals surface area contributed by atoms with Crippen LogP contribution < -0.4 is 15.8 Å². The number of hydrogen-bond acceptors (Lipinski definition) is 8. The monoisotopic (exact) mass is 712 g/mol. The van der Waals surface area contributed by atoms with Crippen molar-refractivity contribution in [1.29, 1.82) is 5.26 Å². The predicted octanol–water partition coefficient (Wildman–Crippen LogP) is 7.53. The molecule has 2 bridgehead atoms. The fraction of sp³-hybridized carbons (Fsp3) is 0.405. The Morgan fingerprint density at radius 3 is 2.66 bits per heavy atom. The molecule has 0 saturated heterocycles. The molecule has 13 heteroatoms. The van der Waals surface area contributed by atoms with E-state index in [1.807, 2.05) is 23.0 Å². The number of ether oxygens (including phenoxy) is 1. The summed E-state index contributed by atoms with van der Waals surface area (Å²) in [5.41, 5.74) is 2.59. The highest BCUT2D eigenvalue weighted by Crippen LogP contribution is 2.62. The number of alkyl halides is 1. The zero-order valence-corrected chi connectivity index (χ0v) is 29.9. The number of amides is 1. The Morgan fingerprint density at radius 2 is 1.98 bits per heavy atom. The van der Waals surface area contributed by atoms with Crippen molar-refractivity contribution in [3.05, 3.63) is 87.2 Å². The van der Waals surface area contributed by atoms with E-state index in [1.54, 1.807) is 37.5 Å². The number of carbonyl (C=O) groups excluding carboxylic acids is 1. The van der Waals surface area contributed by atoms with Crippen LogP contribution in [0, 0.1) is 22.7 Å². The molecule has 0 aliphatic heterocycles. The fourth-order valence-electron chi connectivity index (χ4n) is 7.07. The number of fused-ring (bicyclic) bond motifs is 2. The molecule has 11 nitrogen and oxygen atoms in total. The molecule has 1 unspecified atom stereocenters. The van der Waals surface area contributed by atoms with E-state index in [2.05, 4.69) is 47.5 Å². The zero-order chi connectivity index (χ0) is 35.4. The third-order valence-corrected chi connectivity index (χ3v) is 10.4. The van der Waals surface area contributed by atoms with Gasteiger partial charge in [-0.3, -0.25) is 14.7 Å². The molecular weight excluding hydrogens is 675 g/mol. The number of hydrogen-bond donors (Lipinski definition) is 1. The highest BCUT2D eigenvalue weighted by atomic mass is 35.5. The Morgan fingerprint density at radius 1 is 1.20 bits per heavy atom. The van der Waals surface area contributed by atoms with Gasteiger partial charge in [-0.15, -0.1) is 16.7 Å². The Kier molecular flexibility index (Phi) is 8.73. The molecule has 1 amide bonds. The van der Waals surface area contributed by atoms with Crippen LogP contribution in [-0.4, -0.2) is 49.7 Å². The van der Waals surface area contributed by atoms with Crippen LogP contribution in [0.4, 0.5) is 16.2 Å². The van der Waals surface area contributed by atoms with E-state index < -0.39 is 12.1 Å². The molecule has 0 radical (unpaired) electrons. The molecule has 258 valence electrons. The van der Waals surface area contributed by atoms with E-state index in [0.29, 0.717) is 74.6 Å². The molecule has 3 aliphatic rings. The Labute approximate surface area is 299 Å². The highest BCUT2D eigenvalue weighted by Gasteiger charge is 2.59. The second-order valence-electron chi connectivity index (χ2n) is 14.7. The van der Waals surface area contributed by atoms with Crippen molar-refractivity contribution in [2.24, 2.45) is 18.4 Å². The van der Waals surface area contributed by atoms with E-state index in [0.717, 1.165) is 19.3 Å². The maximum atomic E-state index is 14.5. The predicted molar refractivity (Wildman–Crippen MR) is 195 cm³/mol. The summed E-state index contributed by atoms with van der Waals surface area (Å²) in [4.78, 5) is 33.9. The first-order valence-corrected chi connectivity index (χ1v) is 17.6. The third-order valence-electron chi connectivity index (χ3n) is 9.80. The van der Waals surface area contributed by atoms with Gasteiger partial charge >= 0.3 is 6.09 Å². The van der Waals surface area contributed by atoms with Crippen LogP contribution in [-0.2, 0) is 17.3 Å². The number of nitrogens with zero attached hydrogens (tertiary/aromatic N) is 7. The molecule has 3 saturated carbocycles. The molecule has 50 heavy (non-hydrogen) atoms. The van der Waals surface area contributed by atoms with Crippen molar-refractivity contribution < 1.29 is 9.53 Å². The van der Waals surface area contributed by atoms with Crippen LogP contribution in [0.15, 0.2) is 59.8 Å². The van der Waals surface area contributed by atoms with Crippen molar-refractivity contribution in [2.75, 3.05) is 29.2 Å². The molecule has 1 atom stereocenters. The van der Waals surface area contributed by atoms with Crippen molar-refractivity contribution in [3.8, 4) is 6.07 Å². The van der Waals surface area contributed by atoms with Crippen molar-refractivity contribution in [2.45, 2.75) is 58.0 Å². The van der Waals surface area contributed by atoms with Gasteiger partial charge in [0.15, 0.2) is 0 Å². The van der Waals surface area contributed by atoms with Gasteiger partial charge in [0.05, 0.1) is 45.8 Å². The van der Waals surface area contributed by atoms with Gasteiger partial charge in [0.2, 0.25) is 0 Å². The van der Waals surface area contributed by atoms with Gasteiger partial charge in [-0.25, -0.2) is 9.48 Å². The number of aryl methyl sites for hydroxylation is 1. The Balaban J connectivity index is 1.47. The van der Waals surface area contributed by atoms with E-state index in [-0.39, 0.29) is 28.1 Å². The normalized spacial score (nSPS) is 18.6. The first kappa shape index (κ1) is 33.8. The molecule has 8 rings (SSSR count). The van der Waals surface area contributed by atoms with Gasteiger partial charge in [-0.05, 0) is 72.2 Å². The molecule has 2 aromatic carbocycles. The molecule has 5 aromatic rings. The molecule has 3 fully saturated rings. The second kappa shape index (κ2) is 12.9. The van der Waals surface area contributed by atoms with Crippen LogP contribution in [0.5, 0.6) is 0 Å². The summed E-state index contributed by atoms with van der Waals surface area (Å²) in [6.45, 7) is 6.92. The number of benzene rings is 2. The molecule has 1 N–H and O–H groups in total. The number of rotatable bonds is 10. The minimum Gasteiger partial charge on any atom is -0.449 e. The van der Waals surface area contributed by atoms with Crippen LogP contribution in [0.1, 0.15) is 69.3 Å². The van der Waals surface area contributed by atoms with Crippen molar-refractivity contribution >= 4 is 62.3 Å². The SMILES string of the molecule is Cn1ccc2c(C(c3cn(C45CC(C4)C5)nn3)N(C(=O)OCCCCl)c3cc(Cl)c4ncc(C#N)c(NCC(C)(C)C)c4c3)cccc2c1=O. The number of nitriles is 1. The largest absolute Gasteiger partial charge is 0.449 e. The number of anilines is 2. The summed E-state index contributed by atoms with van der Waals surface area (Å²) in [6, 6.07) is 12.2. The number of pyridine rings is 2. The first-order valence-electron chi connectivity index (χ1n) is 16.7. The maximum Gasteiger partial charge on any atom is 0.415 e. The number of halogens is 2. The third kappa shape index (κ3) is 5.94. The van der Waals surface area contributed by atoms with Gasteiger partial charge in [-0.1, -0.05) is 49.7 Å². The van der Waals surface area contributed by atoms with Crippen LogP contribution >= 0.6 is 23.2 Å². The van der Waals surface area contributed by atoms with Crippen molar-refractivity contribution in [3.63, 3.8) is 0 Å². The number of carbonyl (C=O) groups is 1. The first-order chi connectivity index (χ1) is 23.9. The lowest BCUT2D eigenvalue weighted by Gasteiger charge is -2.61. The average molecular weight is 714 g/mol. The molecule has 3 aliphatic carbocycles. The quantitative estimate of drug-likeness (QED) is 0.116. The summed E-state index contributed by atoms with van der Waals surface area (Å²) < 4.78 is 9.32. The second-order valence-corrected chi connectivity index (χ2v) is 15.4. The zero-order valence-electron chi connectivity index (χ0n) is 28.4. The summed E-state index contributed by atoms with van der Waals surface area (Å²) >= 11 is 13.0.